The number of hydrogen-bond acceptors (Lipinski definition) is 3. The second kappa shape index (κ2) is 4.35. The van der Waals surface area contributed by atoms with Crippen LogP contribution in [0.25, 0.3) is 0 Å². The van der Waals surface area contributed by atoms with Gasteiger partial charge in [0.25, 0.3) is 5.69 Å². The fourth-order valence-electron chi connectivity index (χ4n) is 2.50. The summed E-state index contributed by atoms with van der Waals surface area (Å²) in [5.41, 5.74) is 1.38. The van der Waals surface area contributed by atoms with Gasteiger partial charge in [-0.05, 0) is 30.7 Å². The molecule has 0 radical (unpaired) electrons. The SMILES string of the molecule is CC1(C)CCC(Nc2cccc([N+](=O)[O-])c2)C1. The molecule has 17 heavy (non-hydrogen) atoms. The number of nitro groups is 1. The fraction of sp³-hybridized carbons (Fsp3) is 0.538. The summed E-state index contributed by atoms with van der Waals surface area (Å²) in [5.74, 6) is 0. The normalized spacial score (nSPS) is 22.4. The average Bonchev–Trinajstić information content (AvgIpc) is 2.58. The third-order valence-electron chi connectivity index (χ3n) is 3.40. The third-order valence-corrected chi connectivity index (χ3v) is 3.40. The van der Waals surface area contributed by atoms with Gasteiger partial charge in [-0.3, -0.25) is 10.1 Å². The van der Waals surface area contributed by atoms with E-state index in [1.807, 2.05) is 6.07 Å². The first-order valence-corrected chi connectivity index (χ1v) is 5.97. The van der Waals surface area contributed by atoms with Crippen LogP contribution in [0.5, 0.6) is 0 Å². The Hall–Kier alpha value is -1.58. The molecule has 0 saturated heterocycles. The van der Waals surface area contributed by atoms with Gasteiger partial charge < -0.3 is 5.32 Å². The maximum atomic E-state index is 10.7. The van der Waals surface area contributed by atoms with Crippen LogP contribution in [0.1, 0.15) is 33.1 Å². The smallest absolute Gasteiger partial charge is 0.271 e. The molecule has 1 aromatic rings. The van der Waals surface area contributed by atoms with E-state index in [0.29, 0.717) is 11.5 Å². The highest BCUT2D eigenvalue weighted by Gasteiger charge is 2.30. The minimum absolute atomic E-state index is 0.146. The molecule has 1 saturated carbocycles. The monoisotopic (exact) mass is 234 g/mol. The lowest BCUT2D eigenvalue weighted by Gasteiger charge is -2.18. The zero-order valence-electron chi connectivity index (χ0n) is 10.3. The van der Waals surface area contributed by atoms with Crippen LogP contribution >= 0.6 is 0 Å². The van der Waals surface area contributed by atoms with Gasteiger partial charge in [-0.15, -0.1) is 0 Å². The van der Waals surface area contributed by atoms with E-state index in [9.17, 15) is 10.1 Å². The first-order valence-electron chi connectivity index (χ1n) is 5.97. The highest BCUT2D eigenvalue weighted by molar-refractivity contribution is 5.51. The Morgan fingerprint density at radius 2 is 2.24 bits per heavy atom. The van der Waals surface area contributed by atoms with Crippen molar-refractivity contribution in [1.29, 1.82) is 0 Å². The Bertz CT molecular complexity index is 429. The lowest BCUT2D eigenvalue weighted by atomic mass is 9.92. The summed E-state index contributed by atoms with van der Waals surface area (Å²) in [6.07, 6.45) is 3.46. The van der Waals surface area contributed by atoms with Crippen LogP contribution in [-0.2, 0) is 0 Å². The molecule has 0 heterocycles. The Labute approximate surface area is 101 Å². The number of rotatable bonds is 3. The zero-order valence-corrected chi connectivity index (χ0v) is 10.3. The summed E-state index contributed by atoms with van der Waals surface area (Å²) in [6.45, 7) is 4.53. The number of anilines is 1. The summed E-state index contributed by atoms with van der Waals surface area (Å²) >= 11 is 0. The zero-order chi connectivity index (χ0) is 12.5. The van der Waals surface area contributed by atoms with Crippen molar-refractivity contribution in [3.63, 3.8) is 0 Å². The van der Waals surface area contributed by atoms with Gasteiger partial charge in [0.15, 0.2) is 0 Å². The number of non-ortho nitro benzene ring substituents is 1. The Kier molecular flexibility index (Phi) is 3.05. The van der Waals surface area contributed by atoms with Crippen LogP contribution in [-0.4, -0.2) is 11.0 Å². The summed E-state index contributed by atoms with van der Waals surface area (Å²) in [4.78, 5) is 10.3. The van der Waals surface area contributed by atoms with E-state index in [4.69, 9.17) is 0 Å². The fourth-order valence-corrected chi connectivity index (χ4v) is 2.50. The molecule has 1 aromatic carbocycles. The predicted octanol–water partition coefficient (Wildman–Crippen LogP) is 3.59. The minimum Gasteiger partial charge on any atom is -0.382 e. The van der Waals surface area contributed by atoms with Crippen molar-refractivity contribution in [1.82, 2.24) is 0 Å². The van der Waals surface area contributed by atoms with E-state index in [1.54, 1.807) is 12.1 Å². The van der Waals surface area contributed by atoms with Gasteiger partial charge in [-0.2, -0.15) is 0 Å². The van der Waals surface area contributed by atoms with Gasteiger partial charge in [0.1, 0.15) is 0 Å². The molecule has 0 aliphatic heterocycles. The Balaban J connectivity index is 2.04. The van der Waals surface area contributed by atoms with Gasteiger partial charge in [0.2, 0.25) is 0 Å². The molecule has 1 aliphatic rings. The van der Waals surface area contributed by atoms with Crippen LogP contribution in [0.4, 0.5) is 11.4 Å². The third kappa shape index (κ3) is 2.96. The molecule has 0 amide bonds. The van der Waals surface area contributed by atoms with Crippen molar-refractivity contribution in [2.24, 2.45) is 5.41 Å². The highest BCUT2D eigenvalue weighted by Crippen LogP contribution is 2.38. The predicted molar refractivity (Wildman–Crippen MR) is 68.1 cm³/mol. The molecule has 4 nitrogen and oxygen atoms in total. The lowest BCUT2D eigenvalue weighted by Crippen LogP contribution is -2.17. The molecular weight excluding hydrogens is 216 g/mol. The summed E-state index contributed by atoms with van der Waals surface area (Å²) < 4.78 is 0. The molecule has 92 valence electrons. The Morgan fingerprint density at radius 1 is 1.47 bits per heavy atom. The largest absolute Gasteiger partial charge is 0.382 e. The summed E-state index contributed by atoms with van der Waals surface area (Å²) in [5, 5.41) is 14.1. The molecule has 2 rings (SSSR count). The lowest BCUT2D eigenvalue weighted by molar-refractivity contribution is -0.384. The molecule has 1 atom stereocenters. The van der Waals surface area contributed by atoms with E-state index in [2.05, 4.69) is 19.2 Å². The topological polar surface area (TPSA) is 55.2 Å². The minimum atomic E-state index is -0.357. The second-order valence-corrected chi connectivity index (χ2v) is 5.56. The maximum absolute atomic E-state index is 10.7. The van der Waals surface area contributed by atoms with Gasteiger partial charge in [0.05, 0.1) is 4.92 Å². The molecule has 1 unspecified atom stereocenters. The molecule has 1 fully saturated rings. The van der Waals surface area contributed by atoms with E-state index >= 15 is 0 Å². The van der Waals surface area contributed by atoms with Crippen molar-refractivity contribution in [3.8, 4) is 0 Å². The standard InChI is InChI=1S/C13H18N2O2/c1-13(2)7-6-11(9-13)14-10-4-3-5-12(8-10)15(16)17/h3-5,8,11,14H,6-7,9H2,1-2H3. The van der Waals surface area contributed by atoms with Crippen molar-refractivity contribution in [3.05, 3.63) is 34.4 Å². The number of hydrogen-bond donors (Lipinski definition) is 1. The van der Waals surface area contributed by atoms with Gasteiger partial charge in [0, 0.05) is 23.9 Å². The first kappa shape index (κ1) is 11.9. The van der Waals surface area contributed by atoms with Crippen LogP contribution in [0.2, 0.25) is 0 Å². The van der Waals surface area contributed by atoms with Crippen LogP contribution < -0.4 is 5.32 Å². The van der Waals surface area contributed by atoms with Crippen molar-refractivity contribution in [2.45, 2.75) is 39.2 Å². The van der Waals surface area contributed by atoms with Crippen LogP contribution in [0.15, 0.2) is 24.3 Å². The maximum Gasteiger partial charge on any atom is 0.271 e. The highest BCUT2D eigenvalue weighted by atomic mass is 16.6. The van der Waals surface area contributed by atoms with Crippen LogP contribution in [0, 0.1) is 15.5 Å². The molecular formula is C13H18N2O2. The molecule has 0 bridgehead atoms. The second-order valence-electron chi connectivity index (χ2n) is 5.56. The number of nitrogens with zero attached hydrogens (tertiary/aromatic N) is 1. The van der Waals surface area contributed by atoms with E-state index in [0.717, 1.165) is 18.5 Å². The number of nitrogens with one attached hydrogen (secondary N) is 1. The summed E-state index contributed by atoms with van der Waals surface area (Å²) in [6, 6.07) is 7.17. The van der Waals surface area contributed by atoms with E-state index in [-0.39, 0.29) is 10.6 Å². The molecule has 1 aliphatic carbocycles. The van der Waals surface area contributed by atoms with Crippen molar-refractivity contribution in [2.75, 3.05) is 5.32 Å². The Morgan fingerprint density at radius 3 is 2.82 bits per heavy atom. The van der Waals surface area contributed by atoms with Gasteiger partial charge >= 0.3 is 0 Å². The molecule has 0 aromatic heterocycles. The van der Waals surface area contributed by atoms with E-state index < -0.39 is 0 Å². The molecule has 0 spiro atoms. The van der Waals surface area contributed by atoms with E-state index in [1.165, 1.54) is 12.5 Å². The van der Waals surface area contributed by atoms with Gasteiger partial charge in [-0.1, -0.05) is 19.9 Å². The van der Waals surface area contributed by atoms with Gasteiger partial charge in [-0.25, -0.2) is 0 Å². The first-order chi connectivity index (χ1) is 7.96. The quantitative estimate of drug-likeness (QED) is 0.642. The number of benzene rings is 1. The van der Waals surface area contributed by atoms with Crippen LogP contribution in [0.3, 0.4) is 0 Å². The summed E-state index contributed by atoms with van der Waals surface area (Å²) in [7, 11) is 0. The average molecular weight is 234 g/mol. The number of nitro benzene ring substituents is 1. The molecule has 4 heteroatoms. The molecule has 1 N–H and O–H groups in total. The van der Waals surface area contributed by atoms with Crippen molar-refractivity contribution < 1.29 is 4.92 Å². The van der Waals surface area contributed by atoms with Crippen molar-refractivity contribution >= 4 is 11.4 Å².